The van der Waals surface area contributed by atoms with E-state index in [1.807, 2.05) is 0 Å². The Morgan fingerprint density at radius 2 is 1.58 bits per heavy atom. The zero-order valence-corrected chi connectivity index (χ0v) is 15.1. The van der Waals surface area contributed by atoms with Gasteiger partial charge in [-0.05, 0) is 29.6 Å². The van der Waals surface area contributed by atoms with Crippen LogP contribution in [0.5, 0.6) is 0 Å². The Balaban J connectivity index is 3.39. The SMILES string of the molecule is CCCCCCCCC#CC#CSCC[Si](C)(C)C. The van der Waals surface area contributed by atoms with Crippen LogP contribution in [0.4, 0.5) is 0 Å². The molecule has 0 spiro atoms. The van der Waals surface area contributed by atoms with Crippen LogP contribution in [0.3, 0.4) is 0 Å². The molecule has 0 saturated carbocycles. The van der Waals surface area contributed by atoms with Crippen LogP contribution in [0.2, 0.25) is 25.7 Å². The van der Waals surface area contributed by atoms with E-state index < -0.39 is 8.07 Å². The van der Waals surface area contributed by atoms with E-state index in [0.29, 0.717) is 0 Å². The first kappa shape index (κ1) is 18.7. The van der Waals surface area contributed by atoms with Gasteiger partial charge in [-0.3, -0.25) is 0 Å². The fraction of sp³-hybridized carbons (Fsp3) is 0.765. The standard InChI is InChI=1S/C17H30SSi/c1-5-6-7-8-9-10-11-12-13-14-15-18-16-17-19(2,3)4/h5-11,16-17H2,1-4H3. The number of rotatable bonds is 9. The van der Waals surface area contributed by atoms with Crippen molar-refractivity contribution in [3.63, 3.8) is 0 Å². The highest BCUT2D eigenvalue weighted by molar-refractivity contribution is 8.03. The molecule has 0 rings (SSSR count). The molecular formula is C17H30SSi. The lowest BCUT2D eigenvalue weighted by molar-refractivity contribution is 0.614. The molecule has 0 aliphatic carbocycles. The van der Waals surface area contributed by atoms with Gasteiger partial charge in [-0.15, -0.1) is 0 Å². The van der Waals surface area contributed by atoms with Crippen LogP contribution < -0.4 is 0 Å². The van der Waals surface area contributed by atoms with Crippen LogP contribution in [0.1, 0.15) is 51.9 Å². The molecule has 2 heteroatoms. The fourth-order valence-electron chi connectivity index (χ4n) is 1.57. The van der Waals surface area contributed by atoms with Crippen LogP contribution in [0.15, 0.2) is 0 Å². The lowest BCUT2D eigenvalue weighted by Crippen LogP contribution is -2.19. The Morgan fingerprint density at radius 3 is 2.26 bits per heavy atom. The third-order valence-electron chi connectivity index (χ3n) is 2.88. The highest BCUT2D eigenvalue weighted by Crippen LogP contribution is 2.12. The largest absolute Gasteiger partial charge is 0.0891 e. The van der Waals surface area contributed by atoms with E-state index in [-0.39, 0.29) is 0 Å². The minimum absolute atomic E-state index is 0.882. The molecule has 0 fully saturated rings. The van der Waals surface area contributed by atoms with E-state index in [4.69, 9.17) is 0 Å². The molecule has 0 heterocycles. The molecule has 0 atom stereocenters. The van der Waals surface area contributed by atoms with E-state index in [0.717, 1.165) is 6.42 Å². The van der Waals surface area contributed by atoms with Gasteiger partial charge in [0.05, 0.1) is 0 Å². The maximum absolute atomic E-state index is 3.16. The van der Waals surface area contributed by atoms with Crippen molar-refractivity contribution in [1.29, 1.82) is 0 Å². The predicted octanol–water partition coefficient (Wildman–Crippen LogP) is 5.77. The Labute approximate surface area is 126 Å². The molecule has 0 aliphatic rings. The van der Waals surface area contributed by atoms with Gasteiger partial charge < -0.3 is 0 Å². The molecule has 0 aromatic carbocycles. The van der Waals surface area contributed by atoms with Crippen molar-refractivity contribution in [2.75, 3.05) is 5.75 Å². The molecule has 0 nitrogen and oxygen atoms in total. The third kappa shape index (κ3) is 17.7. The van der Waals surface area contributed by atoms with Crippen LogP contribution in [0.25, 0.3) is 0 Å². The second-order valence-electron chi connectivity index (χ2n) is 6.21. The minimum atomic E-state index is -0.882. The highest BCUT2D eigenvalue weighted by Gasteiger charge is 2.11. The lowest BCUT2D eigenvalue weighted by Gasteiger charge is -2.13. The van der Waals surface area contributed by atoms with E-state index in [1.54, 1.807) is 11.8 Å². The van der Waals surface area contributed by atoms with Crippen molar-refractivity contribution in [3.8, 4) is 23.0 Å². The monoisotopic (exact) mass is 294 g/mol. The Kier molecular flexibility index (Phi) is 12.5. The van der Waals surface area contributed by atoms with Crippen molar-refractivity contribution >= 4 is 19.8 Å². The summed E-state index contributed by atoms with van der Waals surface area (Å²) >= 11 is 1.73. The van der Waals surface area contributed by atoms with Gasteiger partial charge in [-0.1, -0.05) is 76.4 Å². The number of hydrogen-bond acceptors (Lipinski definition) is 1. The zero-order chi connectivity index (χ0) is 14.4. The van der Waals surface area contributed by atoms with Crippen LogP contribution in [-0.4, -0.2) is 13.8 Å². The van der Waals surface area contributed by atoms with Crippen LogP contribution in [-0.2, 0) is 0 Å². The summed E-state index contributed by atoms with van der Waals surface area (Å²) in [5.74, 6) is 10.2. The van der Waals surface area contributed by atoms with E-state index >= 15 is 0 Å². The summed E-state index contributed by atoms with van der Waals surface area (Å²) in [6, 6.07) is 1.34. The second kappa shape index (κ2) is 12.7. The maximum Gasteiger partial charge on any atom is 0.0451 e. The fourth-order valence-corrected chi connectivity index (χ4v) is 4.65. The van der Waals surface area contributed by atoms with Crippen LogP contribution >= 0.6 is 11.8 Å². The van der Waals surface area contributed by atoms with E-state index in [1.165, 1.54) is 50.3 Å². The molecule has 0 bridgehead atoms. The van der Waals surface area contributed by atoms with Gasteiger partial charge >= 0.3 is 0 Å². The van der Waals surface area contributed by atoms with Gasteiger partial charge in [0.15, 0.2) is 0 Å². The maximum atomic E-state index is 3.16. The Hall–Kier alpha value is -0.313. The highest BCUT2D eigenvalue weighted by atomic mass is 32.2. The van der Waals surface area contributed by atoms with Gasteiger partial charge in [0.2, 0.25) is 0 Å². The first-order chi connectivity index (χ1) is 9.06. The lowest BCUT2D eigenvalue weighted by atomic mass is 10.1. The molecule has 0 saturated heterocycles. The summed E-state index contributed by atoms with van der Waals surface area (Å²) < 4.78 is 0. The Bertz CT molecular complexity index is 319. The zero-order valence-electron chi connectivity index (χ0n) is 13.3. The van der Waals surface area contributed by atoms with Gasteiger partial charge in [0.1, 0.15) is 0 Å². The van der Waals surface area contributed by atoms with Crippen molar-refractivity contribution in [1.82, 2.24) is 0 Å². The second-order valence-corrected chi connectivity index (χ2v) is 12.7. The van der Waals surface area contributed by atoms with E-state index in [2.05, 4.69) is 49.6 Å². The van der Waals surface area contributed by atoms with Crippen molar-refractivity contribution in [2.24, 2.45) is 0 Å². The first-order valence-electron chi connectivity index (χ1n) is 7.66. The van der Waals surface area contributed by atoms with Gasteiger partial charge in [0, 0.05) is 20.2 Å². The summed E-state index contributed by atoms with van der Waals surface area (Å²) in [6.45, 7) is 9.47. The third-order valence-corrected chi connectivity index (χ3v) is 5.65. The van der Waals surface area contributed by atoms with Crippen molar-refractivity contribution in [2.45, 2.75) is 77.6 Å². The molecular weight excluding hydrogens is 264 g/mol. The summed E-state index contributed by atoms with van der Waals surface area (Å²) in [6.07, 6.45) is 9.04. The summed E-state index contributed by atoms with van der Waals surface area (Å²) in [4.78, 5) is 0. The minimum Gasteiger partial charge on any atom is -0.0891 e. The van der Waals surface area contributed by atoms with E-state index in [9.17, 15) is 0 Å². The van der Waals surface area contributed by atoms with Gasteiger partial charge in [-0.2, -0.15) is 0 Å². The quantitative estimate of drug-likeness (QED) is 0.295. The molecule has 0 aromatic rings. The number of unbranched alkanes of at least 4 members (excludes halogenated alkanes) is 6. The average molecular weight is 295 g/mol. The first-order valence-corrected chi connectivity index (χ1v) is 12.3. The summed E-state index contributed by atoms with van der Waals surface area (Å²) in [5.41, 5.74) is 0. The van der Waals surface area contributed by atoms with Gasteiger partial charge in [0.25, 0.3) is 0 Å². The van der Waals surface area contributed by atoms with Crippen molar-refractivity contribution < 1.29 is 0 Å². The Morgan fingerprint density at radius 1 is 0.895 bits per heavy atom. The normalized spacial score (nSPS) is 10.3. The molecule has 0 amide bonds. The smallest absolute Gasteiger partial charge is 0.0451 e. The number of hydrogen-bond donors (Lipinski definition) is 0. The van der Waals surface area contributed by atoms with Gasteiger partial charge in [-0.25, -0.2) is 0 Å². The molecule has 0 N–H and O–H groups in total. The van der Waals surface area contributed by atoms with Crippen molar-refractivity contribution in [3.05, 3.63) is 0 Å². The molecule has 0 radical (unpaired) electrons. The summed E-state index contributed by atoms with van der Waals surface area (Å²) in [7, 11) is -0.882. The molecule has 19 heavy (non-hydrogen) atoms. The molecule has 108 valence electrons. The topological polar surface area (TPSA) is 0 Å². The van der Waals surface area contributed by atoms with Crippen LogP contribution in [0, 0.1) is 23.0 Å². The predicted molar refractivity (Wildman–Crippen MR) is 94.2 cm³/mol. The number of thioether (sulfide) groups is 1. The molecule has 0 aliphatic heterocycles. The summed E-state index contributed by atoms with van der Waals surface area (Å²) in [5, 5.41) is 3.09. The average Bonchev–Trinajstić information content (AvgIpc) is 2.34. The molecule has 0 unspecified atom stereocenters. The molecule has 0 aromatic heterocycles.